The Bertz CT molecular complexity index is 1260. The SMILES string of the molecule is CCC1CC(C(C)n2c(C)c(C(=O)CCC3=C(OC)C=C(C)CC3=O)c3ccccc32)CCN1CC(F)F. The molecule has 2 aromatic rings. The number of aromatic nitrogens is 1. The van der Waals surface area contributed by atoms with E-state index in [1.165, 1.54) is 0 Å². The average molecular weight is 527 g/mol. The Balaban J connectivity index is 1.60. The van der Waals surface area contributed by atoms with Crippen LogP contribution >= 0.6 is 0 Å². The molecule has 1 fully saturated rings. The van der Waals surface area contributed by atoms with Crippen molar-refractivity contribution >= 4 is 22.5 Å². The van der Waals surface area contributed by atoms with Crippen molar-refractivity contribution in [2.24, 2.45) is 5.92 Å². The van der Waals surface area contributed by atoms with E-state index in [4.69, 9.17) is 4.74 Å². The smallest absolute Gasteiger partial charge is 0.251 e. The number of piperidine rings is 1. The predicted octanol–water partition coefficient (Wildman–Crippen LogP) is 7.05. The van der Waals surface area contributed by atoms with Crippen LogP contribution in [-0.4, -0.2) is 53.7 Å². The first-order valence-corrected chi connectivity index (χ1v) is 13.8. The van der Waals surface area contributed by atoms with Crippen LogP contribution in [0.2, 0.25) is 0 Å². The zero-order chi connectivity index (χ0) is 27.6. The number of Topliss-reactive ketones (excluding diaryl/α,β-unsaturated/α-hetero) is 2. The standard InChI is InChI=1S/C31H40F2N2O3/c1-6-23-17-22(13-14-34(23)18-30(32)33)20(3)35-21(4)31(24-9-7-8-10-26(24)35)27(36)12-11-25-28(37)15-19(2)16-29(25)38-5/h7-10,16,20,22-23,30H,6,11-15,17-18H2,1-5H3. The number of hydrogen-bond acceptors (Lipinski definition) is 4. The maximum atomic E-state index is 13.7. The molecule has 1 aromatic heterocycles. The maximum absolute atomic E-state index is 13.7. The van der Waals surface area contributed by atoms with Crippen LogP contribution in [0.15, 0.2) is 47.2 Å². The summed E-state index contributed by atoms with van der Waals surface area (Å²) in [5, 5.41) is 0.927. The van der Waals surface area contributed by atoms with Crippen molar-refractivity contribution < 1.29 is 23.1 Å². The summed E-state index contributed by atoms with van der Waals surface area (Å²) >= 11 is 0. The van der Waals surface area contributed by atoms with Crippen molar-refractivity contribution in [3.8, 4) is 0 Å². The molecule has 0 bridgehead atoms. The number of carbonyl (C=O) groups excluding carboxylic acids is 2. The number of carbonyl (C=O) groups is 2. The second-order valence-electron chi connectivity index (χ2n) is 10.9. The number of benzene rings is 1. The highest BCUT2D eigenvalue weighted by atomic mass is 19.3. The normalized spacial score (nSPS) is 21.8. The number of rotatable bonds is 10. The lowest BCUT2D eigenvalue weighted by atomic mass is 9.84. The topological polar surface area (TPSA) is 51.5 Å². The molecule has 0 N–H and O–H groups in total. The summed E-state index contributed by atoms with van der Waals surface area (Å²) in [6.07, 6.45) is 3.07. The zero-order valence-corrected chi connectivity index (χ0v) is 23.2. The minimum absolute atomic E-state index is 0.0184. The molecule has 5 nitrogen and oxygen atoms in total. The lowest BCUT2D eigenvalue weighted by Crippen LogP contribution is -2.45. The van der Waals surface area contributed by atoms with E-state index in [0.29, 0.717) is 42.2 Å². The molecule has 2 heterocycles. The number of methoxy groups -OCH3 is 1. The molecular weight excluding hydrogens is 486 g/mol. The predicted molar refractivity (Wildman–Crippen MR) is 147 cm³/mol. The molecule has 0 radical (unpaired) electrons. The largest absolute Gasteiger partial charge is 0.496 e. The van der Waals surface area contributed by atoms with Gasteiger partial charge in [0.05, 0.1) is 13.7 Å². The second-order valence-corrected chi connectivity index (χ2v) is 10.9. The Hall–Kier alpha value is -2.80. The molecule has 206 valence electrons. The molecule has 1 saturated heterocycles. The number of ketones is 2. The van der Waals surface area contributed by atoms with Gasteiger partial charge in [0.1, 0.15) is 5.76 Å². The number of likely N-dealkylation sites (tertiary alicyclic amines) is 1. The number of nitrogens with zero attached hydrogens (tertiary/aromatic N) is 2. The first kappa shape index (κ1) is 28.2. The molecule has 0 saturated carbocycles. The molecular formula is C31H40F2N2O3. The van der Waals surface area contributed by atoms with Crippen LogP contribution in [0.25, 0.3) is 10.9 Å². The van der Waals surface area contributed by atoms with Crippen LogP contribution in [0, 0.1) is 12.8 Å². The number of allylic oxidation sites excluding steroid dienone is 3. The number of para-hydroxylation sites is 1. The molecule has 1 aliphatic carbocycles. The number of alkyl halides is 2. The van der Waals surface area contributed by atoms with Gasteiger partial charge < -0.3 is 9.30 Å². The quantitative estimate of drug-likeness (QED) is 0.311. The number of hydrogen-bond donors (Lipinski definition) is 0. The molecule has 7 heteroatoms. The fraction of sp³-hybridized carbons (Fsp3) is 0.548. The van der Waals surface area contributed by atoms with Gasteiger partial charge in [-0.15, -0.1) is 0 Å². The van der Waals surface area contributed by atoms with Gasteiger partial charge in [-0.25, -0.2) is 8.78 Å². The Labute approximate surface area is 224 Å². The Morgan fingerprint density at radius 2 is 1.95 bits per heavy atom. The molecule has 4 rings (SSSR count). The number of halogens is 2. The molecule has 0 amide bonds. The zero-order valence-electron chi connectivity index (χ0n) is 23.2. The van der Waals surface area contributed by atoms with Crippen LogP contribution in [0.1, 0.15) is 81.4 Å². The molecule has 3 unspecified atom stereocenters. The third kappa shape index (κ3) is 5.63. The van der Waals surface area contributed by atoms with Crippen molar-refractivity contribution in [2.75, 3.05) is 20.2 Å². The fourth-order valence-electron chi connectivity index (χ4n) is 6.56. The van der Waals surface area contributed by atoms with E-state index < -0.39 is 6.43 Å². The lowest BCUT2D eigenvalue weighted by Gasteiger charge is -2.41. The van der Waals surface area contributed by atoms with Gasteiger partial charge in [-0.05, 0) is 71.1 Å². The van der Waals surface area contributed by atoms with Gasteiger partial charge in [-0.3, -0.25) is 14.5 Å². The molecule has 3 atom stereocenters. The summed E-state index contributed by atoms with van der Waals surface area (Å²) in [5.74, 6) is 0.926. The van der Waals surface area contributed by atoms with Gasteiger partial charge in [-0.1, -0.05) is 30.7 Å². The summed E-state index contributed by atoms with van der Waals surface area (Å²) in [7, 11) is 1.56. The fourth-order valence-corrected chi connectivity index (χ4v) is 6.56. The summed E-state index contributed by atoms with van der Waals surface area (Å²) in [4.78, 5) is 28.3. The molecule has 38 heavy (non-hydrogen) atoms. The lowest BCUT2D eigenvalue weighted by molar-refractivity contribution is -0.115. The van der Waals surface area contributed by atoms with Gasteiger partial charge in [0.25, 0.3) is 6.43 Å². The van der Waals surface area contributed by atoms with E-state index in [9.17, 15) is 18.4 Å². The summed E-state index contributed by atoms with van der Waals surface area (Å²) in [6.45, 7) is 8.68. The van der Waals surface area contributed by atoms with Gasteiger partial charge in [-0.2, -0.15) is 0 Å². The summed E-state index contributed by atoms with van der Waals surface area (Å²) < 4.78 is 33.9. The van der Waals surface area contributed by atoms with Crippen molar-refractivity contribution in [2.45, 2.75) is 84.7 Å². The summed E-state index contributed by atoms with van der Waals surface area (Å²) in [5.41, 5.74) is 4.21. The van der Waals surface area contributed by atoms with Crippen LogP contribution in [-0.2, 0) is 9.53 Å². The van der Waals surface area contributed by atoms with E-state index in [-0.39, 0.29) is 36.6 Å². The second kappa shape index (κ2) is 11.9. The molecule has 2 aliphatic rings. The van der Waals surface area contributed by atoms with Crippen LogP contribution in [0.3, 0.4) is 0 Å². The van der Waals surface area contributed by atoms with Gasteiger partial charge in [0.2, 0.25) is 0 Å². The third-order valence-corrected chi connectivity index (χ3v) is 8.52. The number of fused-ring (bicyclic) bond motifs is 1. The first-order chi connectivity index (χ1) is 18.2. The van der Waals surface area contributed by atoms with E-state index >= 15 is 0 Å². The van der Waals surface area contributed by atoms with E-state index in [0.717, 1.165) is 41.4 Å². The Kier molecular flexibility index (Phi) is 8.86. The van der Waals surface area contributed by atoms with Gasteiger partial charge >= 0.3 is 0 Å². The summed E-state index contributed by atoms with van der Waals surface area (Å²) in [6, 6.07) is 8.26. The van der Waals surface area contributed by atoms with Crippen LogP contribution < -0.4 is 0 Å². The molecule has 1 aliphatic heterocycles. The van der Waals surface area contributed by atoms with E-state index in [1.54, 1.807) is 7.11 Å². The van der Waals surface area contributed by atoms with Crippen molar-refractivity contribution in [1.82, 2.24) is 9.47 Å². The highest BCUT2D eigenvalue weighted by molar-refractivity contribution is 6.10. The molecule has 0 spiro atoms. The molecule has 1 aromatic carbocycles. The first-order valence-electron chi connectivity index (χ1n) is 13.8. The van der Waals surface area contributed by atoms with Gasteiger partial charge in [0, 0.05) is 52.7 Å². The van der Waals surface area contributed by atoms with E-state index in [1.807, 2.05) is 43.0 Å². The van der Waals surface area contributed by atoms with Crippen molar-refractivity contribution in [3.63, 3.8) is 0 Å². The van der Waals surface area contributed by atoms with Crippen LogP contribution in [0.4, 0.5) is 8.78 Å². The third-order valence-electron chi connectivity index (χ3n) is 8.52. The van der Waals surface area contributed by atoms with E-state index in [2.05, 4.69) is 24.5 Å². The van der Waals surface area contributed by atoms with Crippen molar-refractivity contribution in [1.29, 1.82) is 0 Å². The Morgan fingerprint density at radius 1 is 1.21 bits per heavy atom. The minimum atomic E-state index is -2.32. The number of ether oxygens (including phenoxy) is 1. The maximum Gasteiger partial charge on any atom is 0.251 e. The monoisotopic (exact) mass is 526 g/mol. The highest BCUT2D eigenvalue weighted by Crippen LogP contribution is 2.38. The minimum Gasteiger partial charge on any atom is -0.496 e. The average Bonchev–Trinajstić information content (AvgIpc) is 3.18. The Morgan fingerprint density at radius 3 is 2.63 bits per heavy atom. The van der Waals surface area contributed by atoms with Crippen LogP contribution in [0.5, 0.6) is 0 Å². The highest BCUT2D eigenvalue weighted by Gasteiger charge is 2.34. The van der Waals surface area contributed by atoms with Gasteiger partial charge in [0.15, 0.2) is 11.6 Å². The van der Waals surface area contributed by atoms with Crippen molar-refractivity contribution in [3.05, 3.63) is 58.5 Å².